The largest absolute Gasteiger partial charge is 0.397 e. The van der Waals surface area contributed by atoms with Crippen LogP contribution in [-0.2, 0) is 0 Å². The van der Waals surface area contributed by atoms with Crippen LogP contribution in [0, 0.1) is 6.92 Å². The van der Waals surface area contributed by atoms with E-state index in [1.54, 1.807) is 12.3 Å². The Morgan fingerprint density at radius 2 is 2.05 bits per heavy atom. The van der Waals surface area contributed by atoms with E-state index in [-0.39, 0.29) is 11.9 Å². The molecule has 2 unspecified atom stereocenters. The number of anilines is 1. The molecule has 0 aromatic carbocycles. The van der Waals surface area contributed by atoms with Crippen molar-refractivity contribution in [3.63, 3.8) is 0 Å². The predicted octanol–water partition coefficient (Wildman–Crippen LogP) is 1.72. The number of nitrogens with zero attached hydrogens (tertiary/aromatic N) is 2. The summed E-state index contributed by atoms with van der Waals surface area (Å²) >= 11 is 0. The summed E-state index contributed by atoms with van der Waals surface area (Å²) in [4.78, 5) is 19.1. The molecule has 114 valence electrons. The molecule has 0 spiro atoms. The number of aryl methyl sites for hydroxylation is 1. The van der Waals surface area contributed by atoms with E-state index >= 15 is 0 Å². The summed E-state index contributed by atoms with van der Waals surface area (Å²) in [5.41, 5.74) is 7.60. The minimum absolute atomic E-state index is 0.0417. The number of amides is 1. The van der Waals surface area contributed by atoms with Crippen molar-refractivity contribution in [2.75, 3.05) is 12.8 Å². The van der Waals surface area contributed by atoms with Gasteiger partial charge in [-0.25, -0.2) is 0 Å². The highest BCUT2D eigenvalue weighted by molar-refractivity contribution is 5.96. The van der Waals surface area contributed by atoms with Gasteiger partial charge in [0.05, 0.1) is 23.1 Å². The second-order valence-electron chi connectivity index (χ2n) is 6.45. The number of pyridine rings is 1. The molecule has 2 saturated heterocycles. The maximum absolute atomic E-state index is 12.5. The summed E-state index contributed by atoms with van der Waals surface area (Å²) in [6.07, 6.45) is 7.50. The van der Waals surface area contributed by atoms with Gasteiger partial charge in [0.15, 0.2) is 0 Å². The van der Waals surface area contributed by atoms with Crippen molar-refractivity contribution in [2.24, 2.45) is 0 Å². The summed E-state index contributed by atoms with van der Waals surface area (Å²) in [5, 5.41) is 3.19. The Hall–Kier alpha value is -1.62. The Balaban J connectivity index is 1.69. The van der Waals surface area contributed by atoms with Crippen LogP contribution in [0.3, 0.4) is 0 Å². The van der Waals surface area contributed by atoms with Crippen LogP contribution in [0.15, 0.2) is 12.3 Å². The number of nitrogen functional groups attached to an aromatic ring is 1. The minimum Gasteiger partial charge on any atom is -0.397 e. The Morgan fingerprint density at radius 1 is 1.38 bits per heavy atom. The molecule has 0 saturated carbocycles. The molecule has 3 heterocycles. The Bertz CT molecular complexity index is 531. The van der Waals surface area contributed by atoms with Gasteiger partial charge in [-0.1, -0.05) is 6.42 Å². The molecule has 1 aromatic heterocycles. The van der Waals surface area contributed by atoms with E-state index in [4.69, 9.17) is 5.73 Å². The molecule has 1 aromatic rings. The van der Waals surface area contributed by atoms with Gasteiger partial charge in [0.25, 0.3) is 5.91 Å². The van der Waals surface area contributed by atoms with Crippen LogP contribution in [-0.4, -0.2) is 41.0 Å². The summed E-state index contributed by atoms with van der Waals surface area (Å²) in [6.45, 7) is 1.84. The Labute approximate surface area is 125 Å². The molecule has 2 atom stereocenters. The van der Waals surface area contributed by atoms with E-state index in [0.717, 1.165) is 18.5 Å². The number of aromatic nitrogens is 1. The second-order valence-corrected chi connectivity index (χ2v) is 6.45. The number of hydrogen-bond acceptors (Lipinski definition) is 4. The molecular formula is C16H24N4O. The van der Waals surface area contributed by atoms with Crippen molar-refractivity contribution >= 4 is 11.6 Å². The van der Waals surface area contributed by atoms with Gasteiger partial charge in [0.1, 0.15) is 0 Å². The first-order chi connectivity index (χ1) is 10.0. The predicted molar refractivity (Wildman–Crippen MR) is 83.1 cm³/mol. The minimum atomic E-state index is -0.0417. The zero-order valence-electron chi connectivity index (χ0n) is 12.8. The molecule has 5 nitrogen and oxygen atoms in total. The van der Waals surface area contributed by atoms with Crippen LogP contribution in [0.2, 0.25) is 0 Å². The van der Waals surface area contributed by atoms with Gasteiger partial charge in [0.2, 0.25) is 0 Å². The van der Waals surface area contributed by atoms with E-state index in [0.29, 0.717) is 23.3 Å². The van der Waals surface area contributed by atoms with E-state index in [2.05, 4.69) is 22.2 Å². The summed E-state index contributed by atoms with van der Waals surface area (Å²) in [6, 6.07) is 3.21. The number of fused-ring (bicyclic) bond motifs is 2. The lowest BCUT2D eigenvalue weighted by Crippen LogP contribution is -2.55. The number of hydrogen-bond donors (Lipinski definition) is 2. The van der Waals surface area contributed by atoms with Crippen LogP contribution < -0.4 is 11.1 Å². The fourth-order valence-corrected chi connectivity index (χ4v) is 3.78. The molecule has 5 heteroatoms. The third-order valence-electron chi connectivity index (χ3n) is 5.03. The van der Waals surface area contributed by atoms with Gasteiger partial charge in [-0.05, 0) is 45.7 Å². The quantitative estimate of drug-likeness (QED) is 0.869. The van der Waals surface area contributed by atoms with Gasteiger partial charge in [0, 0.05) is 18.1 Å². The van der Waals surface area contributed by atoms with E-state index in [1.165, 1.54) is 19.3 Å². The van der Waals surface area contributed by atoms with Crippen molar-refractivity contribution in [1.82, 2.24) is 15.2 Å². The number of carbonyl (C=O) groups excluding carboxylic acids is 1. The standard InChI is InChI=1S/C16H24N4O/c1-10-15(6-11(17)9-18-10)16(21)19-12-7-13-4-3-5-14(8-12)20(13)2/h6,9,12-14H,3-5,7-8,17H2,1-2H3,(H,19,21). The zero-order valence-corrected chi connectivity index (χ0v) is 12.8. The first kappa shape index (κ1) is 14.3. The van der Waals surface area contributed by atoms with Crippen molar-refractivity contribution in [1.29, 1.82) is 0 Å². The molecule has 2 bridgehead atoms. The summed E-state index contributed by atoms with van der Waals surface area (Å²) in [5.74, 6) is -0.0417. The molecule has 0 radical (unpaired) electrons. The van der Waals surface area contributed by atoms with Crippen LogP contribution in [0.25, 0.3) is 0 Å². The third kappa shape index (κ3) is 2.88. The number of nitrogens with two attached hydrogens (primary N) is 1. The van der Waals surface area contributed by atoms with Crippen molar-refractivity contribution in [2.45, 2.75) is 57.2 Å². The monoisotopic (exact) mass is 288 g/mol. The molecule has 3 N–H and O–H groups in total. The molecule has 3 rings (SSSR count). The lowest BCUT2D eigenvalue weighted by atomic mass is 9.82. The molecule has 2 fully saturated rings. The number of rotatable bonds is 2. The molecular weight excluding hydrogens is 264 g/mol. The average molecular weight is 288 g/mol. The average Bonchev–Trinajstić information content (AvgIpc) is 2.42. The number of piperidine rings is 2. The highest BCUT2D eigenvalue weighted by atomic mass is 16.1. The maximum atomic E-state index is 12.5. The number of nitrogens with one attached hydrogen (secondary N) is 1. The van der Waals surface area contributed by atoms with Crippen LogP contribution in [0.4, 0.5) is 5.69 Å². The van der Waals surface area contributed by atoms with Crippen LogP contribution in [0.1, 0.15) is 48.2 Å². The summed E-state index contributed by atoms with van der Waals surface area (Å²) in [7, 11) is 2.22. The Morgan fingerprint density at radius 3 is 2.71 bits per heavy atom. The first-order valence-corrected chi connectivity index (χ1v) is 7.79. The highest BCUT2D eigenvalue weighted by Crippen LogP contribution is 2.32. The van der Waals surface area contributed by atoms with E-state index in [1.807, 2.05) is 6.92 Å². The van der Waals surface area contributed by atoms with Crippen molar-refractivity contribution in [3.05, 3.63) is 23.5 Å². The molecule has 2 aliphatic heterocycles. The Kier molecular flexibility index (Phi) is 3.85. The fourth-order valence-electron chi connectivity index (χ4n) is 3.78. The first-order valence-electron chi connectivity index (χ1n) is 7.79. The molecule has 21 heavy (non-hydrogen) atoms. The van der Waals surface area contributed by atoms with Gasteiger partial charge in [-0.15, -0.1) is 0 Å². The van der Waals surface area contributed by atoms with Crippen LogP contribution in [0.5, 0.6) is 0 Å². The molecule has 1 amide bonds. The topological polar surface area (TPSA) is 71.2 Å². The second kappa shape index (κ2) is 5.64. The lowest BCUT2D eigenvalue weighted by Gasteiger charge is -2.47. The third-order valence-corrected chi connectivity index (χ3v) is 5.03. The molecule has 0 aliphatic carbocycles. The zero-order chi connectivity index (χ0) is 15.0. The maximum Gasteiger partial charge on any atom is 0.253 e. The normalized spacial score (nSPS) is 29.1. The SMILES string of the molecule is Cc1ncc(N)cc1C(=O)NC1CC2CCCC(C1)N2C. The smallest absolute Gasteiger partial charge is 0.253 e. The molecule has 2 aliphatic rings. The van der Waals surface area contributed by atoms with Gasteiger partial charge >= 0.3 is 0 Å². The van der Waals surface area contributed by atoms with E-state index in [9.17, 15) is 4.79 Å². The van der Waals surface area contributed by atoms with Crippen molar-refractivity contribution in [3.8, 4) is 0 Å². The van der Waals surface area contributed by atoms with Crippen LogP contribution >= 0.6 is 0 Å². The lowest BCUT2D eigenvalue weighted by molar-refractivity contribution is 0.0463. The highest BCUT2D eigenvalue weighted by Gasteiger charge is 2.36. The number of carbonyl (C=O) groups is 1. The van der Waals surface area contributed by atoms with Gasteiger partial charge in [-0.3, -0.25) is 9.78 Å². The van der Waals surface area contributed by atoms with Gasteiger partial charge in [-0.2, -0.15) is 0 Å². The van der Waals surface area contributed by atoms with E-state index < -0.39 is 0 Å². The fraction of sp³-hybridized carbons (Fsp3) is 0.625. The summed E-state index contributed by atoms with van der Waals surface area (Å²) < 4.78 is 0. The van der Waals surface area contributed by atoms with Crippen molar-refractivity contribution < 1.29 is 4.79 Å². The van der Waals surface area contributed by atoms with Gasteiger partial charge < -0.3 is 16.0 Å².